The third kappa shape index (κ3) is 2.82. The van der Waals surface area contributed by atoms with Gasteiger partial charge in [0.15, 0.2) is 0 Å². The average Bonchev–Trinajstić information content (AvgIpc) is 3.09. The summed E-state index contributed by atoms with van der Waals surface area (Å²) in [5, 5.41) is 3.70. The van der Waals surface area contributed by atoms with Gasteiger partial charge in [-0.1, -0.05) is 31.0 Å². The van der Waals surface area contributed by atoms with Gasteiger partial charge in [-0.15, -0.1) is 0 Å². The van der Waals surface area contributed by atoms with Crippen molar-refractivity contribution in [3.8, 4) is 0 Å². The lowest BCUT2D eigenvalue weighted by atomic mass is 9.78. The van der Waals surface area contributed by atoms with E-state index in [4.69, 9.17) is 0 Å². The molecule has 0 radical (unpaired) electrons. The van der Waals surface area contributed by atoms with Crippen LogP contribution in [-0.4, -0.2) is 24.1 Å². The highest BCUT2D eigenvalue weighted by Crippen LogP contribution is 2.41. The Kier molecular flexibility index (Phi) is 4.13. The van der Waals surface area contributed by atoms with Crippen molar-refractivity contribution in [1.82, 2.24) is 5.32 Å². The molecule has 2 fully saturated rings. The highest BCUT2D eigenvalue weighted by Gasteiger charge is 2.37. The second kappa shape index (κ2) is 5.84. The van der Waals surface area contributed by atoms with Gasteiger partial charge in [-0.2, -0.15) is 11.8 Å². The molecule has 1 nitrogen and oxygen atoms in total. The second-order valence-electron chi connectivity index (χ2n) is 5.91. The average molecular weight is 279 g/mol. The van der Waals surface area contributed by atoms with Gasteiger partial charge in [0.25, 0.3) is 0 Å². The number of hydrogen-bond acceptors (Lipinski definition) is 2. The first kappa shape index (κ1) is 13.4. The second-order valence-corrected chi connectivity index (χ2v) is 7.06. The normalized spacial score (nSPS) is 25.8. The van der Waals surface area contributed by atoms with Crippen LogP contribution in [0.3, 0.4) is 0 Å². The van der Waals surface area contributed by atoms with Gasteiger partial charge in [-0.3, -0.25) is 0 Å². The van der Waals surface area contributed by atoms with Crippen molar-refractivity contribution < 1.29 is 4.39 Å². The molecule has 1 atom stereocenters. The molecule has 1 N–H and O–H groups in total. The van der Waals surface area contributed by atoms with Gasteiger partial charge in [0.1, 0.15) is 5.82 Å². The fraction of sp³-hybridized carbons (Fsp3) is 0.625. The molecule has 104 valence electrons. The van der Waals surface area contributed by atoms with Gasteiger partial charge >= 0.3 is 0 Å². The van der Waals surface area contributed by atoms with E-state index in [0.717, 1.165) is 24.9 Å². The molecule has 1 aromatic rings. The molecule has 1 aliphatic carbocycles. The Hall–Kier alpha value is -0.540. The molecular weight excluding hydrogens is 257 g/mol. The summed E-state index contributed by atoms with van der Waals surface area (Å²) in [5.74, 6) is 2.46. The highest BCUT2D eigenvalue weighted by molar-refractivity contribution is 7.99. The summed E-state index contributed by atoms with van der Waals surface area (Å²) in [7, 11) is 0. The molecule has 1 aromatic carbocycles. The largest absolute Gasteiger partial charge is 0.312 e. The Morgan fingerprint density at radius 2 is 2.05 bits per heavy atom. The van der Waals surface area contributed by atoms with Crippen molar-refractivity contribution in [2.24, 2.45) is 0 Å². The smallest absolute Gasteiger partial charge is 0.127 e. The molecule has 1 aliphatic heterocycles. The molecular formula is C16H22FNS. The Bertz CT molecular complexity index is 423. The molecule has 0 bridgehead atoms. The van der Waals surface area contributed by atoms with Crippen molar-refractivity contribution in [3.63, 3.8) is 0 Å². The van der Waals surface area contributed by atoms with Crippen LogP contribution in [0.1, 0.15) is 37.7 Å². The van der Waals surface area contributed by atoms with Gasteiger partial charge in [0, 0.05) is 23.8 Å². The number of halogens is 1. The predicted octanol–water partition coefficient (Wildman–Crippen LogP) is 3.73. The molecule has 0 aromatic heterocycles. The van der Waals surface area contributed by atoms with Crippen molar-refractivity contribution >= 4 is 11.8 Å². The first-order valence-electron chi connectivity index (χ1n) is 7.36. The molecule has 0 amide bonds. The molecule has 1 heterocycles. The zero-order chi connectivity index (χ0) is 13.1. The molecule has 1 unspecified atom stereocenters. The topological polar surface area (TPSA) is 12.0 Å². The Labute approximate surface area is 119 Å². The minimum Gasteiger partial charge on any atom is -0.312 e. The molecule has 2 aliphatic rings. The SMILES string of the molecule is Fc1ccccc1C1(CNC2CCSC2)CCCC1. The lowest BCUT2D eigenvalue weighted by Crippen LogP contribution is -2.41. The molecule has 1 saturated heterocycles. The van der Waals surface area contributed by atoms with E-state index < -0.39 is 0 Å². The number of nitrogens with one attached hydrogen (secondary N) is 1. The Morgan fingerprint density at radius 3 is 2.74 bits per heavy atom. The van der Waals surface area contributed by atoms with E-state index in [-0.39, 0.29) is 11.2 Å². The van der Waals surface area contributed by atoms with E-state index >= 15 is 0 Å². The van der Waals surface area contributed by atoms with Crippen LogP contribution in [0.2, 0.25) is 0 Å². The van der Waals surface area contributed by atoms with E-state index in [0.29, 0.717) is 6.04 Å². The molecule has 0 spiro atoms. The lowest BCUT2D eigenvalue weighted by molar-refractivity contribution is 0.368. The van der Waals surface area contributed by atoms with Crippen LogP contribution in [0.5, 0.6) is 0 Å². The fourth-order valence-electron chi connectivity index (χ4n) is 3.52. The summed E-state index contributed by atoms with van der Waals surface area (Å²) in [5.41, 5.74) is 0.976. The van der Waals surface area contributed by atoms with E-state index in [1.54, 1.807) is 12.1 Å². The summed E-state index contributed by atoms with van der Waals surface area (Å²) >= 11 is 2.03. The summed E-state index contributed by atoms with van der Waals surface area (Å²) in [6.45, 7) is 0.944. The lowest BCUT2D eigenvalue weighted by Gasteiger charge is -2.31. The minimum atomic E-state index is -0.0213. The minimum absolute atomic E-state index is 0.0213. The van der Waals surface area contributed by atoms with E-state index in [1.807, 2.05) is 23.9 Å². The monoisotopic (exact) mass is 279 g/mol. The fourth-order valence-corrected chi connectivity index (χ4v) is 4.71. The zero-order valence-corrected chi connectivity index (χ0v) is 12.1. The summed E-state index contributed by atoms with van der Waals surface area (Å²) in [6.07, 6.45) is 5.98. The first-order chi connectivity index (χ1) is 9.30. The van der Waals surface area contributed by atoms with E-state index in [1.165, 1.54) is 30.8 Å². The summed E-state index contributed by atoms with van der Waals surface area (Å²) in [6, 6.07) is 8.01. The van der Waals surface area contributed by atoms with Crippen LogP contribution in [-0.2, 0) is 5.41 Å². The van der Waals surface area contributed by atoms with Gasteiger partial charge in [-0.05, 0) is 36.6 Å². The highest BCUT2D eigenvalue weighted by atomic mass is 32.2. The first-order valence-corrected chi connectivity index (χ1v) is 8.52. The van der Waals surface area contributed by atoms with Crippen molar-refractivity contribution in [2.75, 3.05) is 18.1 Å². The predicted molar refractivity (Wildman–Crippen MR) is 80.3 cm³/mol. The number of benzene rings is 1. The van der Waals surface area contributed by atoms with Crippen LogP contribution in [0, 0.1) is 5.82 Å². The maximum absolute atomic E-state index is 14.2. The van der Waals surface area contributed by atoms with E-state index in [2.05, 4.69) is 5.32 Å². The van der Waals surface area contributed by atoms with Crippen molar-refractivity contribution in [1.29, 1.82) is 0 Å². The van der Waals surface area contributed by atoms with Gasteiger partial charge in [-0.25, -0.2) is 4.39 Å². The van der Waals surface area contributed by atoms with Crippen LogP contribution >= 0.6 is 11.8 Å². The van der Waals surface area contributed by atoms with Crippen LogP contribution < -0.4 is 5.32 Å². The number of rotatable bonds is 4. The third-order valence-electron chi connectivity index (χ3n) is 4.66. The maximum atomic E-state index is 14.2. The number of thioether (sulfide) groups is 1. The van der Waals surface area contributed by atoms with Crippen LogP contribution in [0.15, 0.2) is 24.3 Å². The molecule has 1 saturated carbocycles. The van der Waals surface area contributed by atoms with Crippen LogP contribution in [0.4, 0.5) is 4.39 Å². The zero-order valence-electron chi connectivity index (χ0n) is 11.3. The Morgan fingerprint density at radius 1 is 1.26 bits per heavy atom. The quantitative estimate of drug-likeness (QED) is 0.901. The van der Waals surface area contributed by atoms with Crippen LogP contribution in [0.25, 0.3) is 0 Å². The summed E-state index contributed by atoms with van der Waals surface area (Å²) < 4.78 is 14.2. The van der Waals surface area contributed by atoms with Gasteiger partial charge in [0.2, 0.25) is 0 Å². The van der Waals surface area contributed by atoms with Gasteiger partial charge < -0.3 is 5.32 Å². The molecule has 3 heteroatoms. The number of hydrogen-bond donors (Lipinski definition) is 1. The molecule has 3 rings (SSSR count). The van der Waals surface area contributed by atoms with Crippen molar-refractivity contribution in [3.05, 3.63) is 35.6 Å². The summed E-state index contributed by atoms with van der Waals surface area (Å²) in [4.78, 5) is 0. The third-order valence-corrected chi connectivity index (χ3v) is 5.83. The van der Waals surface area contributed by atoms with Gasteiger partial charge in [0.05, 0.1) is 0 Å². The maximum Gasteiger partial charge on any atom is 0.127 e. The molecule has 19 heavy (non-hydrogen) atoms. The Balaban J connectivity index is 1.77. The standard InChI is InChI=1S/C16H22FNS/c17-15-6-2-1-5-14(15)16(8-3-4-9-16)12-18-13-7-10-19-11-13/h1-2,5-6,13,18H,3-4,7-12H2. The van der Waals surface area contributed by atoms with Crippen molar-refractivity contribution in [2.45, 2.75) is 43.6 Å². The van der Waals surface area contributed by atoms with E-state index in [9.17, 15) is 4.39 Å².